The molecule has 1 aromatic carbocycles. The number of carbonyl (C=O) groups excluding carboxylic acids is 1. The number of para-hydroxylation sites is 1. The topological polar surface area (TPSA) is 41.6 Å². The molecule has 1 amide bonds. The molecule has 4 nitrogen and oxygen atoms in total. The van der Waals surface area contributed by atoms with Crippen LogP contribution in [0.25, 0.3) is 0 Å². The first kappa shape index (κ1) is 18.1. The third-order valence-electron chi connectivity index (χ3n) is 4.90. The van der Waals surface area contributed by atoms with Crippen molar-refractivity contribution in [2.45, 2.75) is 44.2 Å². The maximum Gasteiger partial charge on any atom is 0.222 e. The predicted molar refractivity (Wildman–Crippen MR) is 94.1 cm³/mol. The van der Waals surface area contributed by atoms with Gasteiger partial charge < -0.3 is 15.0 Å². The van der Waals surface area contributed by atoms with Crippen molar-refractivity contribution in [2.24, 2.45) is 5.92 Å². The second-order valence-electron chi connectivity index (χ2n) is 6.66. The van der Waals surface area contributed by atoms with E-state index in [0.29, 0.717) is 37.6 Å². The average Bonchev–Trinajstić information content (AvgIpc) is 2.87. The van der Waals surface area contributed by atoms with Crippen molar-refractivity contribution < 1.29 is 9.53 Å². The van der Waals surface area contributed by atoms with Gasteiger partial charge in [-0.25, -0.2) is 0 Å². The highest BCUT2D eigenvalue weighted by Crippen LogP contribution is 2.32. The lowest BCUT2D eigenvalue weighted by molar-refractivity contribution is -0.131. The number of amides is 1. The Morgan fingerprint density at radius 3 is 2.52 bits per heavy atom. The lowest BCUT2D eigenvalue weighted by atomic mass is 9.89. The highest BCUT2D eigenvalue weighted by molar-refractivity contribution is 5.85. The number of piperidine rings is 1. The molecule has 2 atom stereocenters. The molecule has 23 heavy (non-hydrogen) atoms. The van der Waals surface area contributed by atoms with E-state index in [1.807, 2.05) is 42.3 Å². The van der Waals surface area contributed by atoms with E-state index >= 15 is 0 Å². The molecular weight excluding hydrogens is 312 g/mol. The van der Waals surface area contributed by atoms with Crippen LogP contribution in [0, 0.1) is 5.92 Å². The van der Waals surface area contributed by atoms with E-state index in [1.54, 1.807) is 0 Å². The van der Waals surface area contributed by atoms with E-state index in [2.05, 4.69) is 5.32 Å². The Kier molecular flexibility index (Phi) is 6.72. The Balaban J connectivity index is 0.00000192. The Bertz CT molecular complexity index is 485. The summed E-state index contributed by atoms with van der Waals surface area (Å²) < 4.78 is 5.66. The van der Waals surface area contributed by atoms with Crippen LogP contribution < -0.4 is 10.1 Å². The lowest BCUT2D eigenvalue weighted by Crippen LogP contribution is -2.40. The van der Waals surface area contributed by atoms with Gasteiger partial charge in [-0.3, -0.25) is 4.79 Å². The summed E-state index contributed by atoms with van der Waals surface area (Å²) in [4.78, 5) is 14.1. The van der Waals surface area contributed by atoms with E-state index in [0.717, 1.165) is 18.6 Å². The van der Waals surface area contributed by atoms with Crippen molar-refractivity contribution in [3.8, 4) is 5.75 Å². The van der Waals surface area contributed by atoms with E-state index < -0.39 is 0 Å². The number of benzene rings is 1. The zero-order chi connectivity index (χ0) is 15.4. The fourth-order valence-electron chi connectivity index (χ4n) is 3.69. The zero-order valence-corrected chi connectivity index (χ0v) is 14.6. The minimum atomic E-state index is 0. The summed E-state index contributed by atoms with van der Waals surface area (Å²) in [5, 5.41) is 3.63. The van der Waals surface area contributed by atoms with Crippen molar-refractivity contribution in [1.82, 2.24) is 10.2 Å². The first-order valence-corrected chi connectivity index (χ1v) is 8.38. The van der Waals surface area contributed by atoms with Crippen LogP contribution in [0.5, 0.6) is 5.75 Å². The van der Waals surface area contributed by atoms with Crippen LogP contribution in [-0.4, -0.2) is 43.1 Å². The molecule has 0 spiro atoms. The molecule has 0 saturated carbocycles. The molecule has 0 radical (unpaired) electrons. The first-order chi connectivity index (χ1) is 10.7. The van der Waals surface area contributed by atoms with Gasteiger partial charge in [-0.2, -0.15) is 0 Å². The molecule has 0 aliphatic carbocycles. The minimum absolute atomic E-state index is 0. The quantitative estimate of drug-likeness (QED) is 0.867. The predicted octanol–water partition coefficient (Wildman–Crippen LogP) is 2.87. The highest BCUT2D eigenvalue weighted by Gasteiger charge is 2.34. The normalized spacial score (nSPS) is 25.5. The van der Waals surface area contributed by atoms with E-state index in [9.17, 15) is 4.79 Å². The minimum Gasteiger partial charge on any atom is -0.492 e. The van der Waals surface area contributed by atoms with Crippen LogP contribution >= 0.6 is 12.4 Å². The van der Waals surface area contributed by atoms with Gasteiger partial charge in [-0.05, 0) is 43.7 Å². The third kappa shape index (κ3) is 5.11. The molecule has 2 unspecified atom stereocenters. The van der Waals surface area contributed by atoms with Gasteiger partial charge in [0.1, 0.15) is 12.4 Å². The Labute approximate surface area is 145 Å². The molecule has 2 saturated heterocycles. The maximum absolute atomic E-state index is 12.3. The van der Waals surface area contributed by atoms with Crippen molar-refractivity contribution >= 4 is 18.3 Å². The fraction of sp³-hybridized carbons (Fsp3) is 0.611. The fourth-order valence-corrected chi connectivity index (χ4v) is 3.69. The van der Waals surface area contributed by atoms with Crippen LogP contribution in [0.3, 0.4) is 0 Å². The zero-order valence-electron chi connectivity index (χ0n) is 13.7. The van der Waals surface area contributed by atoms with Gasteiger partial charge >= 0.3 is 0 Å². The van der Waals surface area contributed by atoms with Crippen molar-refractivity contribution in [2.75, 3.05) is 20.2 Å². The Morgan fingerprint density at radius 1 is 1.22 bits per heavy atom. The number of carbonyl (C=O) groups is 1. The SMILES string of the molecule is CN(CCOc1ccccc1)C(=O)CC1CC2CCC(C1)N2.Cl. The van der Waals surface area contributed by atoms with Gasteiger partial charge in [0, 0.05) is 25.6 Å². The molecule has 2 heterocycles. The second kappa shape index (κ2) is 8.55. The molecule has 1 aromatic rings. The summed E-state index contributed by atoms with van der Waals surface area (Å²) in [7, 11) is 1.88. The summed E-state index contributed by atoms with van der Waals surface area (Å²) in [6.45, 7) is 1.19. The van der Waals surface area contributed by atoms with Gasteiger partial charge in [-0.1, -0.05) is 18.2 Å². The Hall–Kier alpha value is -1.26. The summed E-state index contributed by atoms with van der Waals surface area (Å²) in [5.74, 6) is 1.67. The van der Waals surface area contributed by atoms with Crippen LogP contribution in [0.15, 0.2) is 30.3 Å². The number of nitrogens with one attached hydrogen (secondary N) is 1. The standard InChI is InChI=1S/C18H26N2O2.ClH/c1-20(9-10-22-17-5-3-2-4-6-17)18(21)13-14-11-15-7-8-16(12-14)19-15;/h2-6,14-16,19H,7-13H2,1H3;1H. The molecule has 5 heteroatoms. The second-order valence-corrected chi connectivity index (χ2v) is 6.66. The maximum atomic E-state index is 12.3. The number of ether oxygens (including phenoxy) is 1. The van der Waals surface area contributed by atoms with Crippen LogP contribution in [-0.2, 0) is 4.79 Å². The highest BCUT2D eigenvalue weighted by atomic mass is 35.5. The summed E-state index contributed by atoms with van der Waals surface area (Å²) in [5.41, 5.74) is 0. The largest absolute Gasteiger partial charge is 0.492 e. The first-order valence-electron chi connectivity index (χ1n) is 8.38. The molecule has 2 fully saturated rings. The molecule has 0 aromatic heterocycles. The van der Waals surface area contributed by atoms with Gasteiger partial charge in [0.15, 0.2) is 0 Å². The summed E-state index contributed by atoms with van der Waals surface area (Å²) in [6, 6.07) is 11.1. The average molecular weight is 339 g/mol. The molecule has 2 aliphatic rings. The molecular formula is C18H27ClN2O2. The van der Waals surface area contributed by atoms with Gasteiger partial charge in [0.2, 0.25) is 5.91 Å². The summed E-state index contributed by atoms with van der Waals surface area (Å²) >= 11 is 0. The van der Waals surface area contributed by atoms with Gasteiger partial charge in [0.25, 0.3) is 0 Å². The number of hydrogen-bond donors (Lipinski definition) is 1. The van der Waals surface area contributed by atoms with Crippen molar-refractivity contribution in [3.63, 3.8) is 0 Å². The number of fused-ring (bicyclic) bond motifs is 2. The summed E-state index contributed by atoms with van der Waals surface area (Å²) in [6.07, 6.45) is 5.59. The number of halogens is 1. The van der Waals surface area contributed by atoms with Crippen LogP contribution in [0.1, 0.15) is 32.1 Å². The van der Waals surface area contributed by atoms with Crippen molar-refractivity contribution in [3.05, 3.63) is 30.3 Å². The molecule has 1 N–H and O–H groups in total. The monoisotopic (exact) mass is 338 g/mol. The van der Waals surface area contributed by atoms with Gasteiger partial charge in [-0.15, -0.1) is 12.4 Å². The number of hydrogen-bond acceptors (Lipinski definition) is 3. The van der Waals surface area contributed by atoms with Crippen LogP contribution in [0.4, 0.5) is 0 Å². The van der Waals surface area contributed by atoms with Gasteiger partial charge in [0.05, 0.1) is 6.54 Å². The lowest BCUT2D eigenvalue weighted by Gasteiger charge is -2.30. The van der Waals surface area contributed by atoms with Crippen molar-refractivity contribution in [1.29, 1.82) is 0 Å². The third-order valence-corrected chi connectivity index (χ3v) is 4.90. The smallest absolute Gasteiger partial charge is 0.222 e. The van der Waals surface area contributed by atoms with E-state index in [4.69, 9.17) is 4.74 Å². The van der Waals surface area contributed by atoms with E-state index in [1.165, 1.54) is 12.8 Å². The molecule has 2 aliphatic heterocycles. The Morgan fingerprint density at radius 2 is 1.87 bits per heavy atom. The molecule has 3 rings (SSSR count). The molecule has 128 valence electrons. The number of nitrogens with zero attached hydrogens (tertiary/aromatic N) is 1. The number of rotatable bonds is 6. The van der Waals surface area contributed by atoms with Crippen LogP contribution in [0.2, 0.25) is 0 Å². The van der Waals surface area contributed by atoms with E-state index in [-0.39, 0.29) is 18.3 Å². The molecule has 2 bridgehead atoms. The number of likely N-dealkylation sites (N-methyl/N-ethyl adjacent to an activating group) is 1.